The first-order chi connectivity index (χ1) is 6.79. The van der Waals surface area contributed by atoms with Crippen LogP contribution in [0.5, 0.6) is 5.88 Å². The highest BCUT2D eigenvalue weighted by molar-refractivity contribution is 5.21. The number of aryl methyl sites for hydroxylation is 1. The SMILES string of the molecule is COc1cc(C)nc(-n2cncn2)n1. The molecule has 0 aliphatic heterocycles. The quantitative estimate of drug-likeness (QED) is 0.686. The van der Waals surface area contributed by atoms with Crippen molar-refractivity contribution in [2.45, 2.75) is 6.92 Å². The van der Waals surface area contributed by atoms with Gasteiger partial charge in [-0.2, -0.15) is 14.8 Å². The average Bonchev–Trinajstić information content (AvgIpc) is 2.69. The third kappa shape index (κ3) is 1.54. The number of nitrogens with zero attached hydrogens (tertiary/aromatic N) is 5. The average molecular weight is 191 g/mol. The van der Waals surface area contributed by atoms with E-state index in [1.807, 2.05) is 6.92 Å². The first-order valence-corrected chi connectivity index (χ1v) is 4.04. The van der Waals surface area contributed by atoms with Gasteiger partial charge in [0.1, 0.15) is 12.7 Å². The van der Waals surface area contributed by atoms with Crippen LogP contribution < -0.4 is 4.74 Å². The molecule has 0 spiro atoms. The van der Waals surface area contributed by atoms with Crippen LogP contribution in [-0.2, 0) is 0 Å². The molecule has 2 aromatic heterocycles. The number of ether oxygens (including phenoxy) is 1. The Labute approximate surface area is 80.6 Å². The Bertz CT molecular complexity index is 425. The molecule has 0 unspecified atom stereocenters. The van der Waals surface area contributed by atoms with Crippen molar-refractivity contribution in [2.75, 3.05) is 7.11 Å². The summed E-state index contributed by atoms with van der Waals surface area (Å²) in [4.78, 5) is 12.1. The lowest BCUT2D eigenvalue weighted by atomic mass is 10.4. The van der Waals surface area contributed by atoms with E-state index in [9.17, 15) is 0 Å². The molecule has 6 nitrogen and oxygen atoms in total. The Morgan fingerprint density at radius 2 is 2.21 bits per heavy atom. The monoisotopic (exact) mass is 191 g/mol. The zero-order valence-electron chi connectivity index (χ0n) is 7.88. The third-order valence-corrected chi connectivity index (χ3v) is 1.65. The van der Waals surface area contributed by atoms with E-state index in [0.717, 1.165) is 5.69 Å². The molecule has 0 aliphatic carbocycles. The Hall–Kier alpha value is -1.98. The molecule has 2 rings (SSSR count). The summed E-state index contributed by atoms with van der Waals surface area (Å²) in [6.45, 7) is 1.87. The molecule has 0 saturated carbocycles. The number of hydrogen-bond acceptors (Lipinski definition) is 5. The topological polar surface area (TPSA) is 65.7 Å². The largest absolute Gasteiger partial charge is 0.481 e. The van der Waals surface area contributed by atoms with Gasteiger partial charge in [-0.05, 0) is 6.92 Å². The van der Waals surface area contributed by atoms with Crippen molar-refractivity contribution in [3.63, 3.8) is 0 Å². The molecule has 0 aromatic carbocycles. The second kappa shape index (κ2) is 3.41. The van der Waals surface area contributed by atoms with Gasteiger partial charge in [-0.1, -0.05) is 0 Å². The molecule has 0 aliphatic rings. The summed E-state index contributed by atoms with van der Waals surface area (Å²) in [6.07, 6.45) is 2.96. The molecule has 0 saturated heterocycles. The van der Waals surface area contributed by atoms with Crippen molar-refractivity contribution in [3.05, 3.63) is 24.4 Å². The van der Waals surface area contributed by atoms with Gasteiger partial charge in [-0.15, -0.1) is 0 Å². The zero-order valence-corrected chi connectivity index (χ0v) is 7.88. The summed E-state index contributed by atoms with van der Waals surface area (Å²) in [5, 5.41) is 3.93. The van der Waals surface area contributed by atoms with Crippen LogP contribution >= 0.6 is 0 Å². The van der Waals surface area contributed by atoms with Gasteiger partial charge in [-0.25, -0.2) is 9.97 Å². The van der Waals surface area contributed by atoms with Crippen LogP contribution in [-0.4, -0.2) is 31.8 Å². The van der Waals surface area contributed by atoms with Gasteiger partial charge in [0.05, 0.1) is 7.11 Å². The van der Waals surface area contributed by atoms with E-state index in [1.54, 1.807) is 13.2 Å². The fourth-order valence-corrected chi connectivity index (χ4v) is 1.04. The number of hydrogen-bond donors (Lipinski definition) is 0. The molecule has 14 heavy (non-hydrogen) atoms. The molecule has 2 aromatic rings. The minimum atomic E-state index is 0.458. The van der Waals surface area contributed by atoms with Crippen molar-refractivity contribution in [1.29, 1.82) is 0 Å². The normalized spacial score (nSPS) is 10.1. The smallest absolute Gasteiger partial charge is 0.255 e. The van der Waals surface area contributed by atoms with Crippen LogP contribution in [0.15, 0.2) is 18.7 Å². The lowest BCUT2D eigenvalue weighted by molar-refractivity contribution is 0.395. The molecule has 0 radical (unpaired) electrons. The van der Waals surface area contributed by atoms with Crippen LogP contribution in [0, 0.1) is 6.92 Å². The molecular formula is C8H9N5O. The predicted octanol–water partition coefficient (Wildman–Crippen LogP) is 0.374. The molecular weight excluding hydrogens is 182 g/mol. The van der Waals surface area contributed by atoms with Crippen LogP contribution in [0.2, 0.25) is 0 Å². The molecule has 0 N–H and O–H groups in total. The minimum absolute atomic E-state index is 0.458. The highest BCUT2D eigenvalue weighted by Gasteiger charge is 2.04. The molecule has 6 heteroatoms. The third-order valence-electron chi connectivity index (χ3n) is 1.65. The summed E-state index contributed by atoms with van der Waals surface area (Å²) >= 11 is 0. The highest BCUT2D eigenvalue weighted by atomic mass is 16.5. The molecule has 0 amide bonds. The van der Waals surface area contributed by atoms with Gasteiger partial charge >= 0.3 is 0 Å². The lowest BCUT2D eigenvalue weighted by Crippen LogP contribution is -2.04. The van der Waals surface area contributed by atoms with E-state index in [4.69, 9.17) is 4.74 Å². The van der Waals surface area contributed by atoms with E-state index in [2.05, 4.69) is 20.1 Å². The second-order valence-electron chi connectivity index (χ2n) is 2.69. The number of rotatable bonds is 2. The van der Waals surface area contributed by atoms with Gasteiger partial charge in [0, 0.05) is 11.8 Å². The predicted molar refractivity (Wildman–Crippen MR) is 48.2 cm³/mol. The van der Waals surface area contributed by atoms with E-state index in [1.165, 1.54) is 17.3 Å². The second-order valence-corrected chi connectivity index (χ2v) is 2.69. The summed E-state index contributed by atoms with van der Waals surface area (Å²) < 4.78 is 6.50. The number of aromatic nitrogens is 5. The Balaban J connectivity index is 2.48. The van der Waals surface area contributed by atoms with Crippen molar-refractivity contribution in [3.8, 4) is 11.8 Å². The van der Waals surface area contributed by atoms with Gasteiger partial charge in [0.25, 0.3) is 5.95 Å². The molecule has 2 heterocycles. The van der Waals surface area contributed by atoms with E-state index < -0.39 is 0 Å². The molecule has 72 valence electrons. The highest BCUT2D eigenvalue weighted by Crippen LogP contribution is 2.09. The first-order valence-electron chi connectivity index (χ1n) is 4.04. The lowest BCUT2D eigenvalue weighted by Gasteiger charge is -2.03. The number of methoxy groups -OCH3 is 1. The maximum atomic E-state index is 5.02. The van der Waals surface area contributed by atoms with Gasteiger partial charge in [0.15, 0.2) is 0 Å². The summed E-state index contributed by atoms with van der Waals surface area (Å²) in [7, 11) is 1.56. The van der Waals surface area contributed by atoms with Gasteiger partial charge < -0.3 is 4.74 Å². The Morgan fingerprint density at radius 3 is 2.86 bits per heavy atom. The van der Waals surface area contributed by atoms with E-state index in [-0.39, 0.29) is 0 Å². The van der Waals surface area contributed by atoms with Crippen molar-refractivity contribution in [2.24, 2.45) is 0 Å². The summed E-state index contributed by atoms with van der Waals surface area (Å²) in [6, 6.07) is 1.75. The fourth-order valence-electron chi connectivity index (χ4n) is 1.04. The zero-order chi connectivity index (χ0) is 9.97. The summed E-state index contributed by atoms with van der Waals surface area (Å²) in [5.74, 6) is 0.974. The van der Waals surface area contributed by atoms with Crippen molar-refractivity contribution < 1.29 is 4.74 Å². The minimum Gasteiger partial charge on any atom is -0.481 e. The van der Waals surface area contributed by atoms with Gasteiger partial charge in [0.2, 0.25) is 5.88 Å². The van der Waals surface area contributed by atoms with Crippen molar-refractivity contribution >= 4 is 0 Å². The molecule has 0 fully saturated rings. The van der Waals surface area contributed by atoms with Gasteiger partial charge in [-0.3, -0.25) is 0 Å². The van der Waals surface area contributed by atoms with Crippen LogP contribution in [0.25, 0.3) is 5.95 Å². The van der Waals surface area contributed by atoms with E-state index in [0.29, 0.717) is 11.8 Å². The van der Waals surface area contributed by atoms with Crippen LogP contribution in [0.1, 0.15) is 5.69 Å². The van der Waals surface area contributed by atoms with Crippen LogP contribution in [0.4, 0.5) is 0 Å². The van der Waals surface area contributed by atoms with Crippen molar-refractivity contribution in [1.82, 2.24) is 24.7 Å². The first kappa shape index (κ1) is 8.61. The Morgan fingerprint density at radius 1 is 1.36 bits per heavy atom. The van der Waals surface area contributed by atoms with Crippen LogP contribution in [0.3, 0.4) is 0 Å². The van der Waals surface area contributed by atoms with E-state index >= 15 is 0 Å². The fraction of sp³-hybridized carbons (Fsp3) is 0.250. The Kier molecular flexibility index (Phi) is 2.10. The standard InChI is InChI=1S/C8H9N5O/c1-6-3-7(14-2)12-8(11-6)13-5-9-4-10-13/h3-5H,1-2H3. The molecule has 0 bridgehead atoms. The summed E-state index contributed by atoms with van der Waals surface area (Å²) in [5.41, 5.74) is 0.822. The molecule has 0 atom stereocenters. The maximum Gasteiger partial charge on any atom is 0.255 e. The maximum absolute atomic E-state index is 5.02.